The zero-order valence-electron chi connectivity index (χ0n) is 8.74. The number of alkyl halides is 2. The standard InChI is InChI=1S/C8H14Cl2O4S/c1-4-6-5(2)8(9,10)7(13-6)14-15(3,11)12/h5-7H,4H2,1-3H3/t5-,6-,7+/m1/s1. The highest BCUT2D eigenvalue weighted by Crippen LogP contribution is 2.46. The average Bonchev–Trinajstić information content (AvgIpc) is 2.26. The lowest BCUT2D eigenvalue weighted by Crippen LogP contribution is -2.34. The first-order valence-corrected chi connectivity index (χ1v) is 7.17. The van der Waals surface area contributed by atoms with Gasteiger partial charge in [-0.2, -0.15) is 8.42 Å². The van der Waals surface area contributed by atoms with Crippen molar-refractivity contribution in [1.29, 1.82) is 0 Å². The number of hydrogen-bond donors (Lipinski definition) is 0. The van der Waals surface area contributed by atoms with Gasteiger partial charge in [0.1, 0.15) is 0 Å². The van der Waals surface area contributed by atoms with Crippen molar-refractivity contribution < 1.29 is 17.3 Å². The second-order valence-electron chi connectivity index (χ2n) is 3.68. The maximum atomic E-state index is 11.0. The molecule has 4 nitrogen and oxygen atoms in total. The van der Waals surface area contributed by atoms with Gasteiger partial charge < -0.3 is 4.74 Å². The molecule has 0 saturated carbocycles. The molecule has 1 aliphatic rings. The zero-order chi connectivity index (χ0) is 11.9. The molecule has 1 heterocycles. The molecule has 3 atom stereocenters. The van der Waals surface area contributed by atoms with E-state index in [1.807, 2.05) is 6.92 Å². The van der Waals surface area contributed by atoms with Crippen LogP contribution in [0.1, 0.15) is 20.3 Å². The summed E-state index contributed by atoms with van der Waals surface area (Å²) in [5, 5.41) is 0. The van der Waals surface area contributed by atoms with Crippen LogP contribution in [0.5, 0.6) is 0 Å². The van der Waals surface area contributed by atoms with Crippen molar-refractivity contribution in [2.45, 2.75) is 37.0 Å². The van der Waals surface area contributed by atoms with Crippen molar-refractivity contribution in [2.24, 2.45) is 5.92 Å². The normalized spacial score (nSPS) is 35.7. The molecule has 1 aliphatic heterocycles. The average molecular weight is 277 g/mol. The molecule has 1 rings (SSSR count). The first-order chi connectivity index (χ1) is 6.68. The summed E-state index contributed by atoms with van der Waals surface area (Å²) in [4.78, 5) is 0. The van der Waals surface area contributed by atoms with Gasteiger partial charge in [-0.25, -0.2) is 4.18 Å². The summed E-state index contributed by atoms with van der Waals surface area (Å²) in [6.07, 6.45) is 0.318. The highest BCUT2D eigenvalue weighted by atomic mass is 35.5. The molecular formula is C8H14Cl2O4S. The fourth-order valence-corrected chi connectivity index (χ4v) is 2.62. The zero-order valence-corrected chi connectivity index (χ0v) is 11.1. The molecule has 1 fully saturated rings. The molecule has 0 aromatic rings. The van der Waals surface area contributed by atoms with Gasteiger partial charge in [0.2, 0.25) is 6.29 Å². The summed E-state index contributed by atoms with van der Waals surface area (Å²) >= 11 is 12.0. The molecular weight excluding hydrogens is 263 g/mol. The van der Waals surface area contributed by atoms with E-state index in [-0.39, 0.29) is 12.0 Å². The Kier molecular flexibility index (Phi) is 3.94. The second kappa shape index (κ2) is 4.37. The van der Waals surface area contributed by atoms with Gasteiger partial charge >= 0.3 is 0 Å². The van der Waals surface area contributed by atoms with Crippen molar-refractivity contribution in [1.82, 2.24) is 0 Å². The van der Waals surface area contributed by atoms with Crippen molar-refractivity contribution >= 4 is 33.3 Å². The van der Waals surface area contributed by atoms with Crippen LogP contribution in [0.25, 0.3) is 0 Å². The van der Waals surface area contributed by atoms with Crippen LogP contribution >= 0.6 is 23.2 Å². The Morgan fingerprint density at radius 3 is 2.33 bits per heavy atom. The molecule has 0 aliphatic carbocycles. The van der Waals surface area contributed by atoms with E-state index < -0.39 is 20.7 Å². The largest absolute Gasteiger partial charge is 0.345 e. The number of ether oxygens (including phenoxy) is 1. The number of rotatable bonds is 3. The molecule has 0 aromatic heterocycles. The third-order valence-electron chi connectivity index (χ3n) is 2.44. The first kappa shape index (κ1) is 13.5. The van der Waals surface area contributed by atoms with Crippen LogP contribution in [0.3, 0.4) is 0 Å². The smallest absolute Gasteiger partial charge is 0.266 e. The lowest BCUT2D eigenvalue weighted by atomic mass is 10.0. The molecule has 0 spiro atoms. The minimum atomic E-state index is -3.63. The maximum absolute atomic E-state index is 11.0. The van der Waals surface area contributed by atoms with E-state index in [0.29, 0.717) is 6.42 Å². The van der Waals surface area contributed by atoms with Crippen molar-refractivity contribution in [3.8, 4) is 0 Å². The molecule has 0 amide bonds. The summed E-state index contributed by atoms with van der Waals surface area (Å²) < 4.78 is 30.6. The van der Waals surface area contributed by atoms with Gasteiger partial charge in [-0.1, -0.05) is 37.0 Å². The Balaban J connectivity index is 2.84. The molecule has 15 heavy (non-hydrogen) atoms. The van der Waals surface area contributed by atoms with Gasteiger partial charge in [0.25, 0.3) is 10.1 Å². The molecule has 0 unspecified atom stereocenters. The lowest BCUT2D eigenvalue weighted by Gasteiger charge is -2.22. The number of hydrogen-bond acceptors (Lipinski definition) is 4. The van der Waals surface area contributed by atoms with Crippen LogP contribution in [-0.2, 0) is 19.0 Å². The molecule has 0 bridgehead atoms. The fourth-order valence-electron chi connectivity index (χ4n) is 1.53. The van der Waals surface area contributed by atoms with Gasteiger partial charge in [0.05, 0.1) is 12.4 Å². The highest BCUT2D eigenvalue weighted by Gasteiger charge is 2.54. The molecule has 0 aromatic carbocycles. The van der Waals surface area contributed by atoms with E-state index in [4.69, 9.17) is 32.1 Å². The van der Waals surface area contributed by atoms with Crippen molar-refractivity contribution in [3.63, 3.8) is 0 Å². The summed E-state index contributed by atoms with van der Waals surface area (Å²) in [6, 6.07) is 0. The Labute approximate surface area is 100.0 Å². The fraction of sp³-hybridized carbons (Fsp3) is 1.00. The second-order valence-corrected chi connectivity index (χ2v) is 6.72. The minimum absolute atomic E-state index is 0.183. The lowest BCUT2D eigenvalue weighted by molar-refractivity contribution is -0.0736. The van der Waals surface area contributed by atoms with Crippen LogP contribution in [0, 0.1) is 5.92 Å². The summed E-state index contributed by atoms with van der Waals surface area (Å²) in [5.74, 6) is -0.183. The molecule has 7 heteroatoms. The van der Waals surface area contributed by atoms with Crippen molar-refractivity contribution in [2.75, 3.05) is 6.26 Å². The first-order valence-electron chi connectivity index (χ1n) is 4.60. The molecule has 0 N–H and O–H groups in total. The predicted octanol–water partition coefficient (Wildman–Crippen LogP) is 1.91. The quantitative estimate of drug-likeness (QED) is 0.584. The van der Waals surface area contributed by atoms with Crippen LogP contribution in [0.15, 0.2) is 0 Å². The summed E-state index contributed by atoms with van der Waals surface area (Å²) in [6.45, 7) is 3.72. The summed E-state index contributed by atoms with van der Waals surface area (Å²) in [5.41, 5.74) is 0. The van der Waals surface area contributed by atoms with Crippen LogP contribution in [-0.4, -0.2) is 31.4 Å². The Hall–Kier alpha value is 0.450. The van der Waals surface area contributed by atoms with Crippen LogP contribution in [0.4, 0.5) is 0 Å². The van der Waals surface area contributed by atoms with Gasteiger partial charge in [-0.05, 0) is 6.42 Å². The van der Waals surface area contributed by atoms with E-state index in [1.54, 1.807) is 6.92 Å². The van der Waals surface area contributed by atoms with E-state index in [9.17, 15) is 8.42 Å². The topological polar surface area (TPSA) is 52.6 Å². The van der Waals surface area contributed by atoms with Gasteiger partial charge in [0.15, 0.2) is 4.33 Å². The third kappa shape index (κ3) is 2.97. The van der Waals surface area contributed by atoms with Crippen LogP contribution < -0.4 is 0 Å². The Morgan fingerprint density at radius 1 is 1.47 bits per heavy atom. The SMILES string of the molecule is CC[C@H]1O[C@@H](OS(C)(=O)=O)C(Cl)(Cl)[C@@H]1C. The number of halogens is 2. The van der Waals surface area contributed by atoms with Crippen molar-refractivity contribution in [3.05, 3.63) is 0 Å². The van der Waals surface area contributed by atoms with E-state index in [1.165, 1.54) is 0 Å². The maximum Gasteiger partial charge on any atom is 0.266 e. The third-order valence-corrected chi connectivity index (χ3v) is 4.01. The Bertz CT molecular complexity index is 328. The van der Waals surface area contributed by atoms with Gasteiger partial charge in [-0.15, -0.1) is 0 Å². The minimum Gasteiger partial charge on any atom is -0.345 e. The predicted molar refractivity (Wildman–Crippen MR) is 58.5 cm³/mol. The van der Waals surface area contributed by atoms with E-state index >= 15 is 0 Å². The van der Waals surface area contributed by atoms with Gasteiger partial charge in [-0.3, -0.25) is 0 Å². The molecule has 1 saturated heterocycles. The monoisotopic (exact) mass is 276 g/mol. The molecule has 90 valence electrons. The van der Waals surface area contributed by atoms with Crippen LogP contribution in [0.2, 0.25) is 0 Å². The Morgan fingerprint density at radius 2 is 2.00 bits per heavy atom. The highest BCUT2D eigenvalue weighted by molar-refractivity contribution is 7.86. The molecule has 0 radical (unpaired) electrons. The van der Waals surface area contributed by atoms with E-state index in [0.717, 1.165) is 6.26 Å². The van der Waals surface area contributed by atoms with E-state index in [2.05, 4.69) is 0 Å². The summed E-state index contributed by atoms with van der Waals surface area (Å²) in [7, 11) is -3.63. The van der Waals surface area contributed by atoms with Gasteiger partial charge in [0, 0.05) is 5.92 Å².